The molecule has 0 bridgehead atoms. The molecule has 4 nitrogen and oxygen atoms in total. The van der Waals surface area contributed by atoms with Crippen LogP contribution >= 0.6 is 0 Å². The van der Waals surface area contributed by atoms with Crippen molar-refractivity contribution >= 4 is 17.8 Å². The fourth-order valence-electron chi connectivity index (χ4n) is 2.46. The molecule has 1 amide bonds. The molecule has 4 heteroatoms. The molecular formula is C21H23NO3. The van der Waals surface area contributed by atoms with Crippen molar-refractivity contribution in [3.63, 3.8) is 0 Å². The average Bonchev–Trinajstić information content (AvgIpc) is 2.61. The summed E-state index contributed by atoms with van der Waals surface area (Å²) in [5.74, 6) is 0.443. The van der Waals surface area contributed by atoms with Crippen LogP contribution in [0.3, 0.4) is 0 Å². The minimum absolute atomic E-state index is 0.0747. The third-order valence-electron chi connectivity index (χ3n) is 3.77. The summed E-state index contributed by atoms with van der Waals surface area (Å²) in [6.07, 6.45) is 3.26. The van der Waals surface area contributed by atoms with Gasteiger partial charge < -0.3 is 9.64 Å². The second-order valence-corrected chi connectivity index (χ2v) is 5.90. The van der Waals surface area contributed by atoms with E-state index in [1.807, 2.05) is 38.1 Å². The smallest absolute Gasteiger partial charge is 0.253 e. The highest BCUT2D eigenvalue weighted by Crippen LogP contribution is 2.26. The number of aryl methyl sites for hydroxylation is 1. The molecule has 2 rings (SSSR count). The first-order valence-corrected chi connectivity index (χ1v) is 8.20. The maximum absolute atomic E-state index is 12.3. The summed E-state index contributed by atoms with van der Waals surface area (Å²) in [5.41, 5.74) is 2.85. The fourth-order valence-corrected chi connectivity index (χ4v) is 2.46. The molecule has 0 fully saturated rings. The van der Waals surface area contributed by atoms with Gasteiger partial charge in [0.05, 0.1) is 6.61 Å². The number of nitrogens with zero attached hydrogens (tertiary/aromatic N) is 1. The van der Waals surface area contributed by atoms with Gasteiger partial charge >= 0.3 is 0 Å². The van der Waals surface area contributed by atoms with Crippen LogP contribution in [0.4, 0.5) is 0 Å². The maximum Gasteiger partial charge on any atom is 0.253 e. The Bertz CT molecular complexity index is 792. The van der Waals surface area contributed by atoms with Crippen LogP contribution in [0.2, 0.25) is 0 Å². The lowest BCUT2D eigenvalue weighted by molar-refractivity contribution is 0.0826. The monoisotopic (exact) mass is 337 g/mol. The number of rotatable bonds is 6. The van der Waals surface area contributed by atoms with E-state index in [1.165, 1.54) is 11.0 Å². The standard InChI is InChI=1S/C21H23NO3/c1-5-25-20-14-18(21(24)22(3)4)15(2)13-17(20)11-12-19(23)16-9-7-6-8-10-16/h6-14H,5H2,1-4H3. The van der Waals surface area contributed by atoms with Crippen molar-refractivity contribution in [3.8, 4) is 5.75 Å². The van der Waals surface area contributed by atoms with Crippen LogP contribution < -0.4 is 4.74 Å². The number of carbonyl (C=O) groups is 2. The van der Waals surface area contributed by atoms with Gasteiger partial charge in [-0.25, -0.2) is 0 Å². The first-order valence-electron chi connectivity index (χ1n) is 8.20. The van der Waals surface area contributed by atoms with E-state index in [0.29, 0.717) is 23.5 Å². The molecule has 0 saturated heterocycles. The Labute approximate surface area is 148 Å². The van der Waals surface area contributed by atoms with Gasteiger partial charge in [0.1, 0.15) is 5.75 Å². The molecule has 0 heterocycles. The molecule has 0 atom stereocenters. The Balaban J connectivity index is 2.36. The number of ketones is 1. The normalized spacial score (nSPS) is 10.7. The molecule has 0 spiro atoms. The Morgan fingerprint density at radius 1 is 1.12 bits per heavy atom. The molecule has 0 N–H and O–H groups in total. The van der Waals surface area contributed by atoms with Gasteiger partial charge in [-0.2, -0.15) is 0 Å². The van der Waals surface area contributed by atoms with Crippen LogP contribution in [0, 0.1) is 6.92 Å². The highest BCUT2D eigenvalue weighted by Gasteiger charge is 2.15. The minimum Gasteiger partial charge on any atom is -0.493 e. The van der Waals surface area contributed by atoms with E-state index in [9.17, 15) is 9.59 Å². The van der Waals surface area contributed by atoms with Gasteiger partial charge in [0.2, 0.25) is 0 Å². The number of carbonyl (C=O) groups excluding carboxylic acids is 2. The van der Waals surface area contributed by atoms with Crippen LogP contribution in [-0.4, -0.2) is 37.3 Å². The number of amides is 1. The third-order valence-corrected chi connectivity index (χ3v) is 3.77. The summed E-state index contributed by atoms with van der Waals surface area (Å²) in [7, 11) is 3.43. The predicted octanol–water partition coefficient (Wildman–Crippen LogP) is 3.99. The summed E-state index contributed by atoms with van der Waals surface area (Å²) in [6.45, 7) is 4.24. The molecule has 0 radical (unpaired) electrons. The van der Waals surface area contributed by atoms with Gasteiger partial charge in [0.15, 0.2) is 5.78 Å². The summed E-state index contributed by atoms with van der Waals surface area (Å²) >= 11 is 0. The van der Waals surface area contributed by atoms with Crippen molar-refractivity contribution in [3.05, 3.63) is 70.8 Å². The van der Waals surface area contributed by atoms with E-state index in [0.717, 1.165) is 11.1 Å². The largest absolute Gasteiger partial charge is 0.493 e. The van der Waals surface area contributed by atoms with E-state index < -0.39 is 0 Å². The molecule has 0 unspecified atom stereocenters. The first-order chi connectivity index (χ1) is 11.9. The number of allylic oxidation sites excluding steroid dienone is 1. The van der Waals surface area contributed by atoms with E-state index >= 15 is 0 Å². The van der Waals surface area contributed by atoms with Gasteiger partial charge in [-0.15, -0.1) is 0 Å². The van der Waals surface area contributed by atoms with Gasteiger partial charge in [-0.1, -0.05) is 30.3 Å². The third kappa shape index (κ3) is 4.57. The van der Waals surface area contributed by atoms with Gasteiger partial charge in [0, 0.05) is 30.8 Å². The average molecular weight is 337 g/mol. The predicted molar refractivity (Wildman–Crippen MR) is 100 cm³/mol. The lowest BCUT2D eigenvalue weighted by atomic mass is 10.0. The van der Waals surface area contributed by atoms with Crippen LogP contribution in [0.15, 0.2) is 48.5 Å². The Kier molecular flexibility index (Phi) is 6.12. The quantitative estimate of drug-likeness (QED) is 0.591. The minimum atomic E-state index is -0.0749. The van der Waals surface area contributed by atoms with Crippen LogP contribution in [0.1, 0.15) is 38.8 Å². The van der Waals surface area contributed by atoms with Gasteiger partial charge in [-0.05, 0) is 43.7 Å². The zero-order chi connectivity index (χ0) is 18.4. The number of hydrogen-bond acceptors (Lipinski definition) is 3. The molecule has 0 aliphatic carbocycles. The molecule has 2 aromatic rings. The molecular weight excluding hydrogens is 314 g/mol. The molecule has 25 heavy (non-hydrogen) atoms. The second-order valence-electron chi connectivity index (χ2n) is 5.90. The Morgan fingerprint density at radius 3 is 2.40 bits per heavy atom. The van der Waals surface area contributed by atoms with Crippen molar-refractivity contribution < 1.29 is 14.3 Å². The highest BCUT2D eigenvalue weighted by molar-refractivity contribution is 6.07. The SMILES string of the molecule is CCOc1cc(C(=O)N(C)C)c(C)cc1C=CC(=O)c1ccccc1. The van der Waals surface area contributed by atoms with E-state index in [4.69, 9.17) is 4.74 Å². The van der Waals surface area contributed by atoms with Crippen LogP contribution in [0.5, 0.6) is 5.75 Å². The van der Waals surface area contributed by atoms with E-state index in [1.54, 1.807) is 38.4 Å². The zero-order valence-corrected chi connectivity index (χ0v) is 15.1. The van der Waals surface area contributed by atoms with Crippen molar-refractivity contribution in [1.29, 1.82) is 0 Å². The molecule has 2 aromatic carbocycles. The number of ether oxygens (including phenoxy) is 1. The summed E-state index contributed by atoms with van der Waals surface area (Å²) < 4.78 is 5.67. The van der Waals surface area contributed by atoms with Crippen LogP contribution in [-0.2, 0) is 0 Å². The molecule has 0 aliphatic rings. The first kappa shape index (κ1) is 18.5. The molecule has 0 saturated carbocycles. The van der Waals surface area contributed by atoms with Crippen molar-refractivity contribution in [1.82, 2.24) is 4.90 Å². The van der Waals surface area contributed by atoms with Crippen molar-refractivity contribution in [2.45, 2.75) is 13.8 Å². The molecule has 130 valence electrons. The highest BCUT2D eigenvalue weighted by atomic mass is 16.5. The van der Waals surface area contributed by atoms with E-state index in [-0.39, 0.29) is 11.7 Å². The Morgan fingerprint density at radius 2 is 1.80 bits per heavy atom. The molecule has 0 aromatic heterocycles. The number of benzene rings is 2. The number of hydrogen-bond donors (Lipinski definition) is 0. The summed E-state index contributed by atoms with van der Waals surface area (Å²) in [6, 6.07) is 12.7. The molecule has 0 aliphatic heterocycles. The lowest BCUT2D eigenvalue weighted by Crippen LogP contribution is -2.22. The second kappa shape index (κ2) is 8.29. The van der Waals surface area contributed by atoms with E-state index in [2.05, 4.69) is 0 Å². The maximum atomic E-state index is 12.3. The fraction of sp³-hybridized carbons (Fsp3) is 0.238. The van der Waals surface area contributed by atoms with Crippen molar-refractivity contribution in [2.24, 2.45) is 0 Å². The van der Waals surface area contributed by atoms with Gasteiger partial charge in [0.25, 0.3) is 5.91 Å². The lowest BCUT2D eigenvalue weighted by Gasteiger charge is -2.16. The summed E-state index contributed by atoms with van der Waals surface area (Å²) in [4.78, 5) is 26.1. The van der Waals surface area contributed by atoms with Crippen LogP contribution in [0.25, 0.3) is 6.08 Å². The van der Waals surface area contributed by atoms with Crippen molar-refractivity contribution in [2.75, 3.05) is 20.7 Å². The zero-order valence-electron chi connectivity index (χ0n) is 15.1. The van der Waals surface area contributed by atoms with Gasteiger partial charge in [-0.3, -0.25) is 9.59 Å². The summed E-state index contributed by atoms with van der Waals surface area (Å²) in [5, 5.41) is 0. The topological polar surface area (TPSA) is 46.6 Å². The Hall–Kier alpha value is -2.88.